The van der Waals surface area contributed by atoms with Gasteiger partial charge in [0.05, 0.1) is 5.60 Å². The van der Waals surface area contributed by atoms with Crippen molar-refractivity contribution in [3.8, 4) is 0 Å². The third kappa shape index (κ3) is 3.19. The fraction of sp³-hybridized carbons (Fsp3) is 0.462. The van der Waals surface area contributed by atoms with Gasteiger partial charge in [-0.25, -0.2) is 0 Å². The first kappa shape index (κ1) is 13.7. The molecule has 1 aromatic rings. The first-order valence-electron chi connectivity index (χ1n) is 5.85. The number of aryl methyl sites for hydroxylation is 1. The van der Waals surface area contributed by atoms with Crippen molar-refractivity contribution in [1.82, 2.24) is 5.32 Å². The number of carbonyl (C=O) groups excluding carboxylic acids is 1. The summed E-state index contributed by atoms with van der Waals surface area (Å²) < 4.78 is 0. The number of aliphatic hydroxyl groups is 1. The van der Waals surface area contributed by atoms with Crippen LogP contribution >= 0.6 is 23.4 Å². The maximum absolute atomic E-state index is 11.9. The van der Waals surface area contributed by atoms with Gasteiger partial charge in [0.2, 0.25) is 0 Å². The minimum atomic E-state index is -0.748. The summed E-state index contributed by atoms with van der Waals surface area (Å²) in [5, 5.41) is 13.6. The van der Waals surface area contributed by atoms with Crippen molar-refractivity contribution in [1.29, 1.82) is 0 Å². The van der Waals surface area contributed by atoms with Gasteiger partial charge in [-0.2, -0.15) is 11.8 Å². The van der Waals surface area contributed by atoms with Crippen LogP contribution in [0.1, 0.15) is 22.3 Å². The van der Waals surface area contributed by atoms with E-state index in [-0.39, 0.29) is 5.91 Å². The normalized spacial score (nSPS) is 23.1. The molecule has 1 aliphatic rings. The molecule has 0 bridgehead atoms. The zero-order valence-electron chi connectivity index (χ0n) is 10.2. The van der Waals surface area contributed by atoms with Crippen LogP contribution in [-0.2, 0) is 0 Å². The lowest BCUT2D eigenvalue weighted by atomic mass is 10.0. The van der Waals surface area contributed by atoms with Gasteiger partial charge in [-0.1, -0.05) is 11.6 Å². The van der Waals surface area contributed by atoms with Gasteiger partial charge in [0.15, 0.2) is 0 Å². The number of hydrogen-bond acceptors (Lipinski definition) is 3. The van der Waals surface area contributed by atoms with E-state index in [2.05, 4.69) is 5.32 Å². The van der Waals surface area contributed by atoms with Gasteiger partial charge < -0.3 is 10.4 Å². The van der Waals surface area contributed by atoms with Gasteiger partial charge in [-0.05, 0) is 42.9 Å². The predicted molar refractivity (Wildman–Crippen MR) is 75.4 cm³/mol. The molecule has 1 aliphatic heterocycles. The number of hydrogen-bond donors (Lipinski definition) is 2. The third-order valence-electron chi connectivity index (χ3n) is 3.08. The van der Waals surface area contributed by atoms with Crippen LogP contribution in [0, 0.1) is 6.92 Å². The lowest BCUT2D eigenvalue weighted by Gasteiger charge is -2.21. The molecule has 1 aromatic carbocycles. The average Bonchev–Trinajstić information content (AvgIpc) is 2.77. The summed E-state index contributed by atoms with van der Waals surface area (Å²) in [6, 6.07) is 5.16. The van der Waals surface area contributed by atoms with E-state index >= 15 is 0 Å². The first-order chi connectivity index (χ1) is 8.50. The van der Waals surface area contributed by atoms with Crippen LogP contribution in [0.3, 0.4) is 0 Å². The van der Waals surface area contributed by atoms with Crippen molar-refractivity contribution < 1.29 is 9.90 Å². The Bertz CT molecular complexity index is 458. The molecule has 0 saturated carbocycles. The Kier molecular flexibility index (Phi) is 4.20. The first-order valence-corrected chi connectivity index (χ1v) is 7.38. The number of halogens is 1. The van der Waals surface area contributed by atoms with Gasteiger partial charge in [0.25, 0.3) is 5.91 Å². The quantitative estimate of drug-likeness (QED) is 0.895. The summed E-state index contributed by atoms with van der Waals surface area (Å²) in [6.45, 7) is 2.17. The topological polar surface area (TPSA) is 49.3 Å². The summed E-state index contributed by atoms with van der Waals surface area (Å²) in [7, 11) is 0. The van der Waals surface area contributed by atoms with E-state index in [1.54, 1.807) is 30.0 Å². The Morgan fingerprint density at radius 2 is 2.39 bits per heavy atom. The van der Waals surface area contributed by atoms with E-state index in [4.69, 9.17) is 11.6 Å². The van der Waals surface area contributed by atoms with Crippen LogP contribution < -0.4 is 5.32 Å². The Balaban J connectivity index is 1.97. The maximum Gasteiger partial charge on any atom is 0.251 e. The second-order valence-corrected chi connectivity index (χ2v) is 6.19. The predicted octanol–water partition coefficient (Wildman–Crippen LogP) is 2.25. The molecule has 1 saturated heterocycles. The van der Waals surface area contributed by atoms with E-state index in [9.17, 15) is 9.90 Å². The van der Waals surface area contributed by atoms with E-state index in [1.165, 1.54) is 0 Å². The number of rotatable bonds is 3. The smallest absolute Gasteiger partial charge is 0.251 e. The molecule has 0 aromatic heterocycles. The molecule has 1 amide bonds. The van der Waals surface area contributed by atoms with Gasteiger partial charge in [-0.3, -0.25) is 4.79 Å². The van der Waals surface area contributed by atoms with Crippen LogP contribution in [0.25, 0.3) is 0 Å². The van der Waals surface area contributed by atoms with E-state index < -0.39 is 5.60 Å². The molecule has 1 heterocycles. The molecule has 5 heteroatoms. The van der Waals surface area contributed by atoms with Crippen molar-refractivity contribution in [3.05, 3.63) is 34.3 Å². The number of nitrogens with one attached hydrogen (secondary N) is 1. The molecule has 0 aliphatic carbocycles. The number of benzene rings is 1. The maximum atomic E-state index is 11.9. The van der Waals surface area contributed by atoms with Crippen LogP contribution in [0.15, 0.2) is 18.2 Å². The second kappa shape index (κ2) is 5.51. The Labute approximate surface area is 116 Å². The summed E-state index contributed by atoms with van der Waals surface area (Å²) >= 11 is 7.63. The minimum absolute atomic E-state index is 0.167. The lowest BCUT2D eigenvalue weighted by Crippen LogP contribution is -2.42. The molecule has 98 valence electrons. The van der Waals surface area contributed by atoms with E-state index in [0.29, 0.717) is 22.9 Å². The van der Waals surface area contributed by atoms with Gasteiger partial charge >= 0.3 is 0 Å². The Morgan fingerprint density at radius 3 is 3.00 bits per heavy atom. The van der Waals surface area contributed by atoms with Crippen LogP contribution in [0.5, 0.6) is 0 Å². The number of amides is 1. The third-order valence-corrected chi connectivity index (χ3v) is 4.74. The van der Waals surface area contributed by atoms with Crippen LogP contribution in [-0.4, -0.2) is 34.7 Å². The highest BCUT2D eigenvalue weighted by Crippen LogP contribution is 2.27. The second-order valence-electron chi connectivity index (χ2n) is 4.67. The molecule has 0 spiro atoms. The molecule has 1 unspecified atom stereocenters. The highest BCUT2D eigenvalue weighted by Gasteiger charge is 2.32. The zero-order chi connectivity index (χ0) is 13.2. The Morgan fingerprint density at radius 1 is 1.61 bits per heavy atom. The standard InChI is InChI=1S/C13H16ClNO2S/c1-9-6-10(2-3-11(9)14)12(16)15-7-13(17)4-5-18-8-13/h2-3,6,17H,4-5,7-8H2,1H3,(H,15,16). The summed E-state index contributed by atoms with van der Waals surface area (Å²) in [6.07, 6.45) is 0.734. The molecule has 3 nitrogen and oxygen atoms in total. The largest absolute Gasteiger partial charge is 0.387 e. The lowest BCUT2D eigenvalue weighted by molar-refractivity contribution is 0.0612. The molecule has 1 atom stereocenters. The fourth-order valence-corrected chi connectivity index (χ4v) is 3.28. The monoisotopic (exact) mass is 285 g/mol. The molecule has 2 N–H and O–H groups in total. The molecular weight excluding hydrogens is 270 g/mol. The van der Waals surface area contributed by atoms with Crippen LogP contribution in [0.2, 0.25) is 5.02 Å². The average molecular weight is 286 g/mol. The van der Waals surface area contributed by atoms with Crippen molar-refractivity contribution in [3.63, 3.8) is 0 Å². The van der Waals surface area contributed by atoms with Gasteiger partial charge in [-0.15, -0.1) is 0 Å². The Hall–Kier alpha value is -0.710. The number of thioether (sulfide) groups is 1. The van der Waals surface area contributed by atoms with Crippen molar-refractivity contribution in [2.24, 2.45) is 0 Å². The van der Waals surface area contributed by atoms with Gasteiger partial charge in [0.1, 0.15) is 0 Å². The SMILES string of the molecule is Cc1cc(C(=O)NCC2(O)CCSC2)ccc1Cl. The molecule has 1 fully saturated rings. The van der Waals surface area contributed by atoms with Crippen molar-refractivity contribution in [2.75, 3.05) is 18.1 Å². The molecule has 2 rings (SSSR count). The highest BCUT2D eigenvalue weighted by atomic mass is 35.5. The highest BCUT2D eigenvalue weighted by molar-refractivity contribution is 7.99. The molecular formula is C13H16ClNO2S. The van der Waals surface area contributed by atoms with Gasteiger partial charge in [0, 0.05) is 22.9 Å². The molecule has 0 radical (unpaired) electrons. The molecule has 18 heavy (non-hydrogen) atoms. The summed E-state index contributed by atoms with van der Waals surface area (Å²) in [5.41, 5.74) is 0.701. The minimum Gasteiger partial charge on any atom is -0.387 e. The summed E-state index contributed by atoms with van der Waals surface area (Å²) in [4.78, 5) is 11.9. The van der Waals surface area contributed by atoms with E-state index in [0.717, 1.165) is 17.7 Å². The van der Waals surface area contributed by atoms with Crippen molar-refractivity contribution >= 4 is 29.3 Å². The van der Waals surface area contributed by atoms with Crippen molar-refractivity contribution in [2.45, 2.75) is 18.9 Å². The van der Waals surface area contributed by atoms with Crippen LogP contribution in [0.4, 0.5) is 0 Å². The fourth-order valence-electron chi connectivity index (χ4n) is 1.87. The summed E-state index contributed by atoms with van der Waals surface area (Å²) in [5.74, 6) is 1.47. The zero-order valence-corrected chi connectivity index (χ0v) is 11.8. The van der Waals surface area contributed by atoms with E-state index in [1.807, 2.05) is 6.92 Å². The number of carbonyl (C=O) groups is 1.